The zero-order chi connectivity index (χ0) is 15.9. The molecule has 1 heterocycles. The SMILES string of the molecule is COc1ccc(S[C@H](C)C(=O)N2CCCCCC2)cc1OC. The first-order valence-corrected chi connectivity index (χ1v) is 8.71. The number of hydrogen-bond acceptors (Lipinski definition) is 4. The fourth-order valence-corrected chi connectivity index (χ4v) is 3.67. The molecule has 1 fully saturated rings. The van der Waals surface area contributed by atoms with E-state index in [4.69, 9.17) is 9.47 Å². The molecule has 0 bridgehead atoms. The summed E-state index contributed by atoms with van der Waals surface area (Å²) in [5.74, 6) is 1.64. The summed E-state index contributed by atoms with van der Waals surface area (Å²) in [7, 11) is 3.24. The van der Waals surface area contributed by atoms with E-state index in [1.165, 1.54) is 12.8 Å². The maximum atomic E-state index is 12.6. The van der Waals surface area contributed by atoms with Crippen LogP contribution in [-0.2, 0) is 4.79 Å². The van der Waals surface area contributed by atoms with Crippen LogP contribution in [0, 0.1) is 0 Å². The van der Waals surface area contributed by atoms with Crippen molar-refractivity contribution in [3.05, 3.63) is 18.2 Å². The maximum Gasteiger partial charge on any atom is 0.235 e. The van der Waals surface area contributed by atoms with Gasteiger partial charge >= 0.3 is 0 Å². The third-order valence-corrected chi connectivity index (χ3v) is 5.01. The van der Waals surface area contributed by atoms with Crippen LogP contribution >= 0.6 is 11.8 Å². The van der Waals surface area contributed by atoms with Crippen LogP contribution in [0.15, 0.2) is 23.1 Å². The average molecular weight is 323 g/mol. The summed E-state index contributed by atoms with van der Waals surface area (Å²) in [4.78, 5) is 15.6. The largest absolute Gasteiger partial charge is 0.493 e. The van der Waals surface area contributed by atoms with E-state index >= 15 is 0 Å². The lowest BCUT2D eigenvalue weighted by molar-refractivity contribution is -0.130. The van der Waals surface area contributed by atoms with Crippen molar-refractivity contribution in [3.8, 4) is 11.5 Å². The van der Waals surface area contributed by atoms with Crippen molar-refractivity contribution in [2.24, 2.45) is 0 Å². The second kappa shape index (κ2) is 8.32. The van der Waals surface area contributed by atoms with E-state index in [1.807, 2.05) is 30.0 Å². The number of benzene rings is 1. The van der Waals surface area contributed by atoms with Gasteiger partial charge in [0.1, 0.15) is 0 Å². The van der Waals surface area contributed by atoms with Gasteiger partial charge in [-0.25, -0.2) is 0 Å². The molecule has 0 radical (unpaired) electrons. The van der Waals surface area contributed by atoms with Gasteiger partial charge in [-0.2, -0.15) is 0 Å². The summed E-state index contributed by atoms with van der Waals surface area (Å²) in [5.41, 5.74) is 0. The number of carbonyl (C=O) groups excluding carboxylic acids is 1. The summed E-state index contributed by atoms with van der Waals surface area (Å²) < 4.78 is 10.6. The van der Waals surface area contributed by atoms with Gasteiger partial charge < -0.3 is 14.4 Å². The molecule has 0 N–H and O–H groups in total. The van der Waals surface area contributed by atoms with Gasteiger partial charge in [0.05, 0.1) is 19.5 Å². The van der Waals surface area contributed by atoms with E-state index in [9.17, 15) is 4.79 Å². The van der Waals surface area contributed by atoms with Crippen LogP contribution in [-0.4, -0.2) is 43.4 Å². The number of ether oxygens (including phenoxy) is 2. The molecule has 1 aromatic carbocycles. The highest BCUT2D eigenvalue weighted by Crippen LogP contribution is 2.34. The lowest BCUT2D eigenvalue weighted by Crippen LogP contribution is -2.37. The van der Waals surface area contributed by atoms with Gasteiger partial charge in [-0.1, -0.05) is 12.8 Å². The van der Waals surface area contributed by atoms with Gasteiger partial charge in [0, 0.05) is 18.0 Å². The lowest BCUT2D eigenvalue weighted by atomic mass is 10.2. The summed E-state index contributed by atoms with van der Waals surface area (Å²) in [6.45, 7) is 3.78. The van der Waals surface area contributed by atoms with Gasteiger partial charge in [0.15, 0.2) is 11.5 Å². The number of thioether (sulfide) groups is 1. The number of nitrogens with zero attached hydrogens (tertiary/aromatic N) is 1. The van der Waals surface area contributed by atoms with Crippen LogP contribution in [0.5, 0.6) is 11.5 Å². The highest BCUT2D eigenvalue weighted by Gasteiger charge is 2.22. The van der Waals surface area contributed by atoms with Crippen molar-refractivity contribution >= 4 is 17.7 Å². The molecule has 2 rings (SSSR count). The minimum atomic E-state index is -0.0869. The Bertz CT molecular complexity index is 499. The normalized spacial score (nSPS) is 16.8. The van der Waals surface area contributed by atoms with Crippen molar-refractivity contribution < 1.29 is 14.3 Å². The molecule has 0 aromatic heterocycles. The monoisotopic (exact) mass is 323 g/mol. The van der Waals surface area contributed by atoms with Crippen LogP contribution < -0.4 is 9.47 Å². The van der Waals surface area contributed by atoms with Gasteiger partial charge in [-0.05, 0) is 38.0 Å². The van der Waals surface area contributed by atoms with Crippen LogP contribution in [0.2, 0.25) is 0 Å². The maximum absolute atomic E-state index is 12.6. The molecule has 1 aliphatic heterocycles. The average Bonchev–Trinajstić information content (AvgIpc) is 2.83. The highest BCUT2D eigenvalue weighted by atomic mass is 32.2. The zero-order valence-corrected chi connectivity index (χ0v) is 14.4. The Hall–Kier alpha value is -1.36. The van der Waals surface area contributed by atoms with E-state index in [0.717, 1.165) is 30.8 Å². The Kier molecular flexibility index (Phi) is 6.43. The number of rotatable bonds is 5. The summed E-state index contributed by atoms with van der Waals surface area (Å²) in [5, 5.41) is -0.0869. The zero-order valence-electron chi connectivity index (χ0n) is 13.6. The third-order valence-electron chi connectivity index (χ3n) is 3.93. The minimum Gasteiger partial charge on any atom is -0.493 e. The minimum absolute atomic E-state index is 0.0869. The fraction of sp³-hybridized carbons (Fsp3) is 0.588. The second-order valence-electron chi connectivity index (χ2n) is 5.52. The first-order chi connectivity index (χ1) is 10.7. The van der Waals surface area contributed by atoms with Crippen molar-refractivity contribution in [1.29, 1.82) is 0 Å². The molecule has 4 nitrogen and oxygen atoms in total. The number of hydrogen-bond donors (Lipinski definition) is 0. The van der Waals surface area contributed by atoms with E-state index in [2.05, 4.69) is 0 Å². The number of likely N-dealkylation sites (tertiary alicyclic amines) is 1. The van der Waals surface area contributed by atoms with Gasteiger partial charge in [-0.3, -0.25) is 4.79 Å². The molecule has 1 saturated heterocycles. The predicted octanol–water partition coefficient (Wildman–Crippen LogP) is 3.59. The van der Waals surface area contributed by atoms with E-state index < -0.39 is 0 Å². The van der Waals surface area contributed by atoms with Crippen LogP contribution in [0.3, 0.4) is 0 Å². The van der Waals surface area contributed by atoms with E-state index in [-0.39, 0.29) is 11.2 Å². The number of carbonyl (C=O) groups is 1. The van der Waals surface area contributed by atoms with Crippen molar-refractivity contribution in [3.63, 3.8) is 0 Å². The number of methoxy groups -OCH3 is 2. The van der Waals surface area contributed by atoms with Gasteiger partial charge in [0.2, 0.25) is 5.91 Å². The smallest absolute Gasteiger partial charge is 0.235 e. The van der Waals surface area contributed by atoms with Crippen molar-refractivity contribution in [2.45, 2.75) is 42.8 Å². The topological polar surface area (TPSA) is 38.8 Å². The summed E-state index contributed by atoms with van der Waals surface area (Å²) in [6, 6.07) is 5.78. The predicted molar refractivity (Wildman–Crippen MR) is 89.9 cm³/mol. The molecule has 0 spiro atoms. The Balaban J connectivity index is 2.01. The molecule has 1 aromatic rings. The Labute approximate surface area is 137 Å². The van der Waals surface area contributed by atoms with E-state index in [0.29, 0.717) is 11.5 Å². The second-order valence-corrected chi connectivity index (χ2v) is 6.93. The van der Waals surface area contributed by atoms with Crippen molar-refractivity contribution in [2.75, 3.05) is 27.3 Å². The van der Waals surface area contributed by atoms with Crippen LogP contribution in [0.4, 0.5) is 0 Å². The molecule has 0 aliphatic carbocycles. The first-order valence-electron chi connectivity index (χ1n) is 7.83. The molecule has 0 saturated carbocycles. The fourth-order valence-electron chi connectivity index (χ4n) is 2.69. The standard InChI is InChI=1S/C17H25NO3S/c1-13(17(19)18-10-6-4-5-7-11-18)22-14-8-9-15(20-2)16(12-14)21-3/h8-9,12-13H,4-7,10-11H2,1-3H3/t13-/m1/s1. The van der Waals surface area contributed by atoms with Crippen molar-refractivity contribution in [1.82, 2.24) is 4.90 Å². The van der Waals surface area contributed by atoms with E-state index in [1.54, 1.807) is 26.0 Å². The Morgan fingerprint density at radius 3 is 2.32 bits per heavy atom. The lowest BCUT2D eigenvalue weighted by Gasteiger charge is -2.24. The molecule has 1 atom stereocenters. The quantitative estimate of drug-likeness (QED) is 0.776. The van der Waals surface area contributed by atoms with Crippen LogP contribution in [0.25, 0.3) is 0 Å². The number of amides is 1. The highest BCUT2D eigenvalue weighted by molar-refractivity contribution is 8.00. The Morgan fingerprint density at radius 2 is 1.73 bits per heavy atom. The third kappa shape index (κ3) is 4.32. The molecular formula is C17H25NO3S. The summed E-state index contributed by atoms with van der Waals surface area (Å²) >= 11 is 1.57. The van der Waals surface area contributed by atoms with Gasteiger partial charge in [0.25, 0.3) is 0 Å². The molecule has 1 amide bonds. The summed E-state index contributed by atoms with van der Waals surface area (Å²) in [6.07, 6.45) is 4.72. The van der Waals surface area contributed by atoms with Gasteiger partial charge in [-0.15, -0.1) is 11.8 Å². The molecule has 1 aliphatic rings. The molecule has 22 heavy (non-hydrogen) atoms. The molecular weight excluding hydrogens is 298 g/mol. The molecule has 5 heteroatoms. The first kappa shape index (κ1) is 17.0. The van der Waals surface area contributed by atoms with Crippen LogP contribution in [0.1, 0.15) is 32.6 Å². The molecule has 122 valence electrons. The molecule has 0 unspecified atom stereocenters. The Morgan fingerprint density at radius 1 is 1.09 bits per heavy atom.